The first-order valence-corrected chi connectivity index (χ1v) is 5.37. The highest BCUT2D eigenvalue weighted by Crippen LogP contribution is 2.38. The van der Waals surface area contributed by atoms with Gasteiger partial charge in [0.05, 0.1) is 5.69 Å². The van der Waals surface area contributed by atoms with Crippen LogP contribution in [-0.4, -0.2) is 25.4 Å². The minimum absolute atomic E-state index is 0.356. The second-order valence-electron chi connectivity index (χ2n) is 3.94. The fourth-order valence-electron chi connectivity index (χ4n) is 2.18. The molecule has 1 heterocycles. The zero-order chi connectivity index (χ0) is 10.7. The van der Waals surface area contributed by atoms with Crippen LogP contribution in [-0.2, 0) is 4.74 Å². The summed E-state index contributed by atoms with van der Waals surface area (Å²) in [6, 6.07) is 5.72. The van der Waals surface area contributed by atoms with Crippen molar-refractivity contribution in [1.29, 1.82) is 0 Å². The molecular formula is C12H17NO2. The number of fused-ring (bicyclic) bond motifs is 1. The number of phenols is 1. The molecule has 0 bridgehead atoms. The summed E-state index contributed by atoms with van der Waals surface area (Å²) in [5, 5.41) is 13.0. The van der Waals surface area contributed by atoms with Crippen LogP contribution in [0.15, 0.2) is 18.2 Å². The molecule has 0 fully saturated rings. The highest BCUT2D eigenvalue weighted by molar-refractivity contribution is 5.63. The van der Waals surface area contributed by atoms with E-state index in [4.69, 9.17) is 4.74 Å². The number of nitrogens with one attached hydrogen (secondary N) is 1. The van der Waals surface area contributed by atoms with Crippen LogP contribution in [0.2, 0.25) is 0 Å². The minimum atomic E-state index is 0.356. The zero-order valence-electron chi connectivity index (χ0n) is 8.99. The molecule has 1 aliphatic heterocycles. The van der Waals surface area contributed by atoms with Crippen molar-refractivity contribution in [2.45, 2.75) is 18.8 Å². The lowest BCUT2D eigenvalue weighted by atomic mass is 9.88. The lowest BCUT2D eigenvalue weighted by molar-refractivity contribution is 0.186. The third-order valence-corrected chi connectivity index (χ3v) is 2.98. The number of ether oxygens (including phenoxy) is 1. The Bertz CT molecular complexity index is 338. The maximum Gasteiger partial charge on any atom is 0.138 e. The van der Waals surface area contributed by atoms with E-state index in [0.29, 0.717) is 11.7 Å². The summed E-state index contributed by atoms with van der Waals surface area (Å²) in [6.45, 7) is 1.71. The van der Waals surface area contributed by atoms with Crippen molar-refractivity contribution >= 4 is 5.69 Å². The largest absolute Gasteiger partial charge is 0.506 e. The molecule has 1 unspecified atom stereocenters. The number of anilines is 1. The third-order valence-electron chi connectivity index (χ3n) is 2.98. The molecule has 0 saturated heterocycles. The molecular weight excluding hydrogens is 190 g/mol. The van der Waals surface area contributed by atoms with Gasteiger partial charge < -0.3 is 15.2 Å². The predicted octanol–water partition coefficient (Wildman–Crippen LogP) is 2.33. The predicted molar refractivity (Wildman–Crippen MR) is 60.4 cm³/mol. The average molecular weight is 207 g/mol. The van der Waals surface area contributed by atoms with Gasteiger partial charge >= 0.3 is 0 Å². The molecule has 15 heavy (non-hydrogen) atoms. The summed E-state index contributed by atoms with van der Waals surface area (Å²) >= 11 is 0. The summed E-state index contributed by atoms with van der Waals surface area (Å²) in [6.07, 6.45) is 2.13. The number of hydrogen-bond donors (Lipinski definition) is 2. The molecule has 1 atom stereocenters. The van der Waals surface area contributed by atoms with Crippen LogP contribution < -0.4 is 5.32 Å². The number of phenolic OH excluding ortho intramolecular Hbond substituents is 1. The molecule has 3 nitrogen and oxygen atoms in total. The number of rotatable bonds is 3. The molecule has 2 rings (SSSR count). The number of para-hydroxylation sites is 1. The smallest absolute Gasteiger partial charge is 0.138 e. The Hall–Kier alpha value is -1.22. The van der Waals surface area contributed by atoms with Gasteiger partial charge in [-0.2, -0.15) is 0 Å². The maximum atomic E-state index is 9.71. The van der Waals surface area contributed by atoms with Gasteiger partial charge in [-0.25, -0.2) is 0 Å². The molecule has 1 aromatic carbocycles. The van der Waals surface area contributed by atoms with Gasteiger partial charge in [-0.3, -0.25) is 0 Å². The molecule has 0 aliphatic carbocycles. The topological polar surface area (TPSA) is 41.5 Å². The quantitative estimate of drug-likeness (QED) is 0.747. The van der Waals surface area contributed by atoms with E-state index in [2.05, 4.69) is 11.4 Å². The molecule has 2 N–H and O–H groups in total. The Balaban J connectivity index is 2.22. The van der Waals surface area contributed by atoms with E-state index < -0.39 is 0 Å². The fourth-order valence-corrected chi connectivity index (χ4v) is 2.18. The van der Waals surface area contributed by atoms with Crippen molar-refractivity contribution in [3.63, 3.8) is 0 Å². The van der Waals surface area contributed by atoms with Crippen LogP contribution in [0.4, 0.5) is 5.69 Å². The van der Waals surface area contributed by atoms with Crippen molar-refractivity contribution in [1.82, 2.24) is 0 Å². The standard InChI is InChI=1S/C12H17NO2/c1-15-8-6-9-5-7-13-12-10(9)3-2-4-11(12)14/h2-4,9,13-14H,5-8H2,1H3. The Morgan fingerprint density at radius 3 is 3.20 bits per heavy atom. The van der Waals surface area contributed by atoms with Gasteiger partial charge in [-0.15, -0.1) is 0 Å². The number of benzene rings is 1. The summed E-state index contributed by atoms with van der Waals surface area (Å²) < 4.78 is 5.11. The summed E-state index contributed by atoms with van der Waals surface area (Å²) in [7, 11) is 1.73. The van der Waals surface area contributed by atoms with Crippen molar-refractivity contribution in [2.75, 3.05) is 25.6 Å². The van der Waals surface area contributed by atoms with Crippen LogP contribution in [0.3, 0.4) is 0 Å². The molecule has 0 amide bonds. The molecule has 1 aliphatic rings. The summed E-state index contributed by atoms with van der Waals surface area (Å²) in [4.78, 5) is 0. The van der Waals surface area contributed by atoms with Crippen molar-refractivity contribution in [2.24, 2.45) is 0 Å². The maximum absolute atomic E-state index is 9.71. The Morgan fingerprint density at radius 2 is 2.40 bits per heavy atom. The van der Waals surface area contributed by atoms with Gasteiger partial charge in [0, 0.05) is 20.3 Å². The van der Waals surface area contributed by atoms with Gasteiger partial charge in [-0.05, 0) is 30.4 Å². The minimum Gasteiger partial charge on any atom is -0.506 e. The molecule has 3 heteroatoms. The number of hydrogen-bond acceptors (Lipinski definition) is 3. The van der Waals surface area contributed by atoms with Gasteiger partial charge in [0.1, 0.15) is 5.75 Å². The lowest BCUT2D eigenvalue weighted by Crippen LogP contribution is -2.17. The van der Waals surface area contributed by atoms with E-state index in [9.17, 15) is 5.11 Å². The van der Waals surface area contributed by atoms with Crippen LogP contribution in [0, 0.1) is 0 Å². The first-order chi connectivity index (χ1) is 7.33. The van der Waals surface area contributed by atoms with Crippen LogP contribution in [0.25, 0.3) is 0 Å². The third kappa shape index (κ3) is 2.07. The first kappa shape index (κ1) is 10.3. The second-order valence-corrected chi connectivity index (χ2v) is 3.94. The van der Waals surface area contributed by atoms with Crippen molar-refractivity contribution in [3.8, 4) is 5.75 Å². The van der Waals surface area contributed by atoms with E-state index in [-0.39, 0.29) is 0 Å². The molecule has 0 spiro atoms. The van der Waals surface area contributed by atoms with Crippen LogP contribution in [0.5, 0.6) is 5.75 Å². The molecule has 82 valence electrons. The summed E-state index contributed by atoms with van der Waals surface area (Å²) in [5.41, 5.74) is 2.13. The van der Waals surface area contributed by atoms with E-state index in [1.165, 1.54) is 5.56 Å². The SMILES string of the molecule is COCCC1CCNc2c(O)cccc21. The van der Waals surface area contributed by atoms with Gasteiger partial charge in [0.2, 0.25) is 0 Å². The number of aromatic hydroxyl groups is 1. The monoisotopic (exact) mass is 207 g/mol. The van der Waals surface area contributed by atoms with Gasteiger partial charge in [0.15, 0.2) is 0 Å². The van der Waals surface area contributed by atoms with Crippen LogP contribution in [0.1, 0.15) is 24.3 Å². The normalized spacial score (nSPS) is 19.4. The Labute approximate surface area is 90.1 Å². The second kappa shape index (κ2) is 4.53. The van der Waals surface area contributed by atoms with Crippen molar-refractivity contribution in [3.05, 3.63) is 23.8 Å². The molecule has 0 radical (unpaired) electrons. The molecule has 0 saturated carbocycles. The Kier molecular flexibility index (Phi) is 3.11. The van der Waals surface area contributed by atoms with Gasteiger partial charge in [0.25, 0.3) is 0 Å². The summed E-state index contributed by atoms with van der Waals surface area (Å²) in [5.74, 6) is 0.864. The van der Waals surface area contributed by atoms with E-state index >= 15 is 0 Å². The lowest BCUT2D eigenvalue weighted by Gasteiger charge is -2.27. The zero-order valence-corrected chi connectivity index (χ0v) is 8.99. The van der Waals surface area contributed by atoms with E-state index in [1.54, 1.807) is 13.2 Å². The molecule has 1 aromatic rings. The first-order valence-electron chi connectivity index (χ1n) is 5.37. The van der Waals surface area contributed by atoms with Crippen molar-refractivity contribution < 1.29 is 9.84 Å². The van der Waals surface area contributed by atoms with Crippen LogP contribution >= 0.6 is 0 Å². The highest BCUT2D eigenvalue weighted by Gasteiger charge is 2.21. The van der Waals surface area contributed by atoms with E-state index in [1.807, 2.05) is 6.07 Å². The van der Waals surface area contributed by atoms with E-state index in [0.717, 1.165) is 31.7 Å². The number of methoxy groups -OCH3 is 1. The average Bonchev–Trinajstić information content (AvgIpc) is 2.27. The highest BCUT2D eigenvalue weighted by atomic mass is 16.5. The molecule has 0 aromatic heterocycles. The van der Waals surface area contributed by atoms with Gasteiger partial charge in [-0.1, -0.05) is 12.1 Å². The fraction of sp³-hybridized carbons (Fsp3) is 0.500. The Morgan fingerprint density at radius 1 is 1.53 bits per heavy atom.